The Hall–Kier alpha value is -1.81. The molecule has 118 valence electrons. The maximum Gasteiger partial charge on any atom is 0.310 e. The number of anilines is 1. The van der Waals surface area contributed by atoms with Gasteiger partial charge in [-0.1, -0.05) is 29.8 Å². The molecule has 0 saturated heterocycles. The Balaban J connectivity index is 1.93. The van der Waals surface area contributed by atoms with Crippen molar-refractivity contribution in [3.8, 4) is 0 Å². The zero-order valence-electron chi connectivity index (χ0n) is 12.8. The number of allylic oxidation sites excluding steroid dienone is 2. The van der Waals surface area contributed by atoms with Gasteiger partial charge in [0.2, 0.25) is 0 Å². The maximum atomic E-state index is 12.1. The highest BCUT2D eigenvalue weighted by atomic mass is 35.5. The summed E-state index contributed by atoms with van der Waals surface area (Å²) >= 11 is 5.92. The van der Waals surface area contributed by atoms with E-state index in [1.807, 2.05) is 19.1 Å². The monoisotopic (exact) mass is 321 g/mol. The number of aryl methyl sites for hydroxylation is 1. The first-order chi connectivity index (χ1) is 10.5. The van der Waals surface area contributed by atoms with Crippen molar-refractivity contribution < 1.29 is 14.3 Å². The molecule has 5 heteroatoms. The molecular weight excluding hydrogens is 302 g/mol. The van der Waals surface area contributed by atoms with Crippen molar-refractivity contribution in [2.24, 2.45) is 5.92 Å². The second kappa shape index (κ2) is 7.45. The van der Waals surface area contributed by atoms with E-state index in [4.69, 9.17) is 16.3 Å². The van der Waals surface area contributed by atoms with Gasteiger partial charge < -0.3 is 10.1 Å². The predicted octanol–water partition coefficient (Wildman–Crippen LogP) is 3.87. The van der Waals surface area contributed by atoms with Crippen molar-refractivity contribution in [1.82, 2.24) is 0 Å². The van der Waals surface area contributed by atoms with Crippen LogP contribution >= 0.6 is 11.6 Å². The minimum atomic E-state index is -0.836. The van der Waals surface area contributed by atoms with E-state index in [9.17, 15) is 9.59 Å². The van der Waals surface area contributed by atoms with Crippen molar-refractivity contribution in [2.75, 3.05) is 5.32 Å². The molecule has 1 aromatic carbocycles. The molecule has 4 nitrogen and oxygen atoms in total. The zero-order chi connectivity index (χ0) is 16.1. The van der Waals surface area contributed by atoms with Crippen LogP contribution < -0.4 is 5.32 Å². The quantitative estimate of drug-likeness (QED) is 0.676. The van der Waals surface area contributed by atoms with Gasteiger partial charge in [0.1, 0.15) is 0 Å². The van der Waals surface area contributed by atoms with Gasteiger partial charge in [-0.25, -0.2) is 0 Å². The average molecular weight is 322 g/mol. The number of halogens is 1. The zero-order valence-corrected chi connectivity index (χ0v) is 13.5. The minimum absolute atomic E-state index is 0.145. The summed E-state index contributed by atoms with van der Waals surface area (Å²) in [7, 11) is 0. The fourth-order valence-corrected chi connectivity index (χ4v) is 2.47. The SMILES string of the molecule is Cc1ccc(Cl)cc1NC(=O)[C@@H](C)OC(=O)[C@H]1CC=CCC1. The molecule has 0 radical (unpaired) electrons. The van der Waals surface area contributed by atoms with Gasteiger partial charge >= 0.3 is 5.97 Å². The molecule has 0 spiro atoms. The van der Waals surface area contributed by atoms with Gasteiger partial charge in [0, 0.05) is 10.7 Å². The number of carbonyl (C=O) groups is 2. The van der Waals surface area contributed by atoms with Crippen LogP contribution in [0.25, 0.3) is 0 Å². The first-order valence-corrected chi connectivity index (χ1v) is 7.77. The number of hydrogen-bond donors (Lipinski definition) is 1. The summed E-state index contributed by atoms with van der Waals surface area (Å²) in [4.78, 5) is 24.2. The number of rotatable bonds is 4. The van der Waals surface area contributed by atoms with Crippen LogP contribution in [0.5, 0.6) is 0 Å². The second-order valence-corrected chi connectivity index (χ2v) is 5.95. The predicted molar refractivity (Wildman–Crippen MR) is 86.9 cm³/mol. The molecule has 1 N–H and O–H groups in total. The second-order valence-electron chi connectivity index (χ2n) is 5.51. The number of nitrogens with one attached hydrogen (secondary N) is 1. The molecule has 1 amide bonds. The van der Waals surface area contributed by atoms with Crippen LogP contribution in [0.3, 0.4) is 0 Å². The van der Waals surface area contributed by atoms with Gasteiger partial charge in [0.15, 0.2) is 6.10 Å². The third kappa shape index (κ3) is 4.34. The van der Waals surface area contributed by atoms with E-state index in [1.54, 1.807) is 19.1 Å². The highest BCUT2D eigenvalue weighted by Gasteiger charge is 2.25. The first-order valence-electron chi connectivity index (χ1n) is 7.40. The Labute approximate surface area is 135 Å². The molecule has 22 heavy (non-hydrogen) atoms. The van der Waals surface area contributed by atoms with E-state index in [1.165, 1.54) is 0 Å². The van der Waals surface area contributed by atoms with Gasteiger partial charge in [0.25, 0.3) is 5.91 Å². The fourth-order valence-electron chi connectivity index (χ4n) is 2.29. The lowest BCUT2D eigenvalue weighted by Gasteiger charge is -2.20. The summed E-state index contributed by atoms with van der Waals surface area (Å²) in [5.74, 6) is -0.812. The number of esters is 1. The maximum absolute atomic E-state index is 12.1. The molecule has 1 aliphatic rings. The molecule has 1 aromatic rings. The van der Waals surface area contributed by atoms with Crippen LogP contribution in [0.4, 0.5) is 5.69 Å². The van der Waals surface area contributed by atoms with E-state index >= 15 is 0 Å². The smallest absolute Gasteiger partial charge is 0.310 e. The standard InChI is InChI=1S/C17H20ClNO3/c1-11-8-9-14(18)10-15(11)19-16(20)12(2)22-17(21)13-6-4-3-5-7-13/h3-4,8-10,12-13H,5-7H2,1-2H3,(H,19,20)/t12-,13+/m1/s1. The number of hydrogen-bond acceptors (Lipinski definition) is 3. The topological polar surface area (TPSA) is 55.4 Å². The lowest BCUT2D eigenvalue weighted by Crippen LogP contribution is -2.32. The van der Waals surface area contributed by atoms with Gasteiger partial charge in [-0.05, 0) is 50.8 Å². The normalized spacial score (nSPS) is 18.6. The molecule has 0 saturated carbocycles. The van der Waals surface area contributed by atoms with Crippen molar-refractivity contribution in [1.29, 1.82) is 0 Å². The molecule has 0 fully saturated rings. The molecule has 1 aliphatic carbocycles. The van der Waals surface area contributed by atoms with Crippen LogP contribution in [-0.4, -0.2) is 18.0 Å². The van der Waals surface area contributed by atoms with E-state index in [0.29, 0.717) is 17.1 Å². The first kappa shape index (κ1) is 16.6. The number of benzene rings is 1. The Bertz CT molecular complexity index is 598. The third-order valence-corrected chi connectivity index (χ3v) is 3.96. The van der Waals surface area contributed by atoms with E-state index < -0.39 is 6.10 Å². The number of carbonyl (C=O) groups excluding carboxylic acids is 2. The summed E-state index contributed by atoms with van der Waals surface area (Å²) in [5.41, 5.74) is 1.52. The Morgan fingerprint density at radius 1 is 1.36 bits per heavy atom. The fraction of sp³-hybridized carbons (Fsp3) is 0.412. The highest BCUT2D eigenvalue weighted by Crippen LogP contribution is 2.22. The molecule has 0 aromatic heterocycles. The summed E-state index contributed by atoms with van der Waals surface area (Å²) < 4.78 is 5.28. The Morgan fingerprint density at radius 3 is 2.82 bits per heavy atom. The molecule has 0 bridgehead atoms. The van der Waals surface area contributed by atoms with E-state index in [-0.39, 0.29) is 17.8 Å². The van der Waals surface area contributed by atoms with Crippen LogP contribution in [0, 0.1) is 12.8 Å². The van der Waals surface area contributed by atoms with Gasteiger partial charge in [-0.2, -0.15) is 0 Å². The third-order valence-electron chi connectivity index (χ3n) is 3.72. The Kier molecular flexibility index (Phi) is 5.61. The van der Waals surface area contributed by atoms with Crippen LogP contribution in [0.1, 0.15) is 31.7 Å². The van der Waals surface area contributed by atoms with Crippen molar-refractivity contribution in [3.05, 3.63) is 40.9 Å². The summed E-state index contributed by atoms with van der Waals surface area (Å²) in [6.07, 6.45) is 5.54. The average Bonchev–Trinajstić information content (AvgIpc) is 2.51. The lowest BCUT2D eigenvalue weighted by molar-refractivity contribution is -0.157. The van der Waals surface area contributed by atoms with Gasteiger partial charge in [0.05, 0.1) is 5.92 Å². The van der Waals surface area contributed by atoms with Crippen molar-refractivity contribution >= 4 is 29.2 Å². The number of ether oxygens (including phenoxy) is 1. The molecule has 2 atom stereocenters. The van der Waals surface area contributed by atoms with Crippen LogP contribution in [0.2, 0.25) is 5.02 Å². The van der Waals surface area contributed by atoms with Crippen molar-refractivity contribution in [2.45, 2.75) is 39.2 Å². The van der Waals surface area contributed by atoms with E-state index in [2.05, 4.69) is 11.4 Å². The molecule has 0 aliphatic heterocycles. The molecule has 2 rings (SSSR count). The Morgan fingerprint density at radius 2 is 2.14 bits per heavy atom. The molecular formula is C17H20ClNO3. The van der Waals surface area contributed by atoms with Gasteiger partial charge in [-0.15, -0.1) is 0 Å². The van der Waals surface area contributed by atoms with Crippen LogP contribution in [0.15, 0.2) is 30.4 Å². The summed E-state index contributed by atoms with van der Waals surface area (Å²) in [5, 5.41) is 3.29. The molecule has 0 unspecified atom stereocenters. The highest BCUT2D eigenvalue weighted by molar-refractivity contribution is 6.31. The van der Waals surface area contributed by atoms with Gasteiger partial charge in [-0.3, -0.25) is 9.59 Å². The van der Waals surface area contributed by atoms with Crippen molar-refractivity contribution in [3.63, 3.8) is 0 Å². The lowest BCUT2D eigenvalue weighted by atomic mass is 9.95. The summed E-state index contributed by atoms with van der Waals surface area (Å²) in [6.45, 7) is 3.45. The van der Waals surface area contributed by atoms with E-state index in [0.717, 1.165) is 18.4 Å². The summed E-state index contributed by atoms with van der Waals surface area (Å²) in [6, 6.07) is 5.25. The molecule has 0 heterocycles. The minimum Gasteiger partial charge on any atom is -0.452 e. The van der Waals surface area contributed by atoms with Crippen LogP contribution in [-0.2, 0) is 14.3 Å². The number of amides is 1. The largest absolute Gasteiger partial charge is 0.452 e.